The van der Waals surface area contributed by atoms with Gasteiger partial charge in [0.05, 0.1) is 17.5 Å². The van der Waals surface area contributed by atoms with Crippen LogP contribution in [0, 0.1) is 5.92 Å². The number of carbonyl (C=O) groups excluding carboxylic acids is 3. The van der Waals surface area contributed by atoms with E-state index in [0.717, 1.165) is 24.8 Å². The smallest absolute Gasteiger partial charge is 0.246 e. The first-order chi connectivity index (χ1) is 17.1. The number of sulfone groups is 1. The number of rotatable bonds is 14. The Kier molecular flexibility index (Phi) is 12.0. The van der Waals surface area contributed by atoms with Gasteiger partial charge in [0, 0.05) is 19.4 Å². The van der Waals surface area contributed by atoms with Crippen LogP contribution in [-0.2, 0) is 30.6 Å². The van der Waals surface area contributed by atoms with E-state index in [1.165, 1.54) is 4.90 Å². The first kappa shape index (κ1) is 29.9. The minimum absolute atomic E-state index is 0.0822. The largest absolute Gasteiger partial charge is 0.343 e. The van der Waals surface area contributed by atoms with Crippen LogP contribution < -0.4 is 16.8 Å². The van der Waals surface area contributed by atoms with Crippen molar-refractivity contribution in [1.82, 2.24) is 10.2 Å². The van der Waals surface area contributed by atoms with Crippen LogP contribution in [-0.4, -0.2) is 73.6 Å². The van der Waals surface area contributed by atoms with Crippen LogP contribution in [0.4, 0.5) is 0 Å². The number of hydrogen-bond acceptors (Lipinski definition) is 7. The van der Waals surface area contributed by atoms with Gasteiger partial charge < -0.3 is 21.7 Å². The Morgan fingerprint density at radius 2 is 1.81 bits per heavy atom. The lowest BCUT2D eigenvalue weighted by molar-refractivity contribution is -0.142. The first-order valence-electron chi connectivity index (χ1n) is 12.9. The Morgan fingerprint density at radius 3 is 2.44 bits per heavy atom. The number of nitrogens with zero attached hydrogens (tertiary/aromatic N) is 1. The van der Waals surface area contributed by atoms with Gasteiger partial charge in [-0.3, -0.25) is 14.4 Å². The van der Waals surface area contributed by atoms with Gasteiger partial charge >= 0.3 is 0 Å². The fourth-order valence-corrected chi connectivity index (χ4v) is 5.86. The molecule has 1 heterocycles. The standard InChI is InChI=1S/C26H42N4O5S/c1-3-19(2)24(28)25(32)29-21(17-20-11-7-6-8-12-20)26(33)30(15-10-5-4-9-14-27)22-18-36(34,35)16-13-23(22)31/h6-8,11-12,19,21-22,24H,3-5,9-10,13-18,27-28H2,1-2H3,(H,29,32)/t19-,21-,22?,24+/m0/s1. The molecule has 1 saturated heterocycles. The summed E-state index contributed by atoms with van der Waals surface area (Å²) < 4.78 is 24.8. The van der Waals surface area contributed by atoms with Crippen LogP contribution in [0.3, 0.4) is 0 Å². The lowest BCUT2D eigenvalue weighted by atomic mass is 9.97. The number of amides is 2. The topological polar surface area (TPSA) is 153 Å². The van der Waals surface area contributed by atoms with Gasteiger partial charge in [0.25, 0.3) is 0 Å². The molecule has 9 nitrogen and oxygen atoms in total. The summed E-state index contributed by atoms with van der Waals surface area (Å²) in [6.45, 7) is 4.61. The van der Waals surface area contributed by atoms with Crippen molar-refractivity contribution in [2.45, 2.75) is 76.9 Å². The first-order valence-corrected chi connectivity index (χ1v) is 14.7. The van der Waals surface area contributed by atoms with Crippen molar-refractivity contribution in [3.8, 4) is 0 Å². The van der Waals surface area contributed by atoms with Gasteiger partial charge in [-0.15, -0.1) is 0 Å². The number of unbranched alkanes of at least 4 members (excludes halogenated alkanes) is 3. The van der Waals surface area contributed by atoms with Gasteiger partial charge in [0.1, 0.15) is 12.1 Å². The van der Waals surface area contributed by atoms with Crippen molar-refractivity contribution >= 4 is 27.4 Å². The van der Waals surface area contributed by atoms with Gasteiger partial charge in [0.15, 0.2) is 15.6 Å². The Labute approximate surface area is 215 Å². The summed E-state index contributed by atoms with van der Waals surface area (Å²) in [5.41, 5.74) is 12.5. The van der Waals surface area contributed by atoms with E-state index in [1.54, 1.807) is 0 Å². The molecule has 1 aromatic rings. The van der Waals surface area contributed by atoms with E-state index >= 15 is 0 Å². The second-order valence-corrected chi connectivity index (χ2v) is 12.0. The van der Waals surface area contributed by atoms with E-state index in [-0.39, 0.29) is 36.8 Å². The molecule has 0 saturated carbocycles. The van der Waals surface area contributed by atoms with Crippen molar-refractivity contribution in [2.75, 3.05) is 24.6 Å². The van der Waals surface area contributed by atoms with E-state index in [0.29, 0.717) is 19.4 Å². The molecule has 1 aliphatic heterocycles. The fourth-order valence-electron chi connectivity index (χ4n) is 4.33. The summed E-state index contributed by atoms with van der Waals surface area (Å²) in [5.74, 6) is -1.84. The third-order valence-corrected chi connectivity index (χ3v) is 8.56. The van der Waals surface area contributed by atoms with Gasteiger partial charge in [0.2, 0.25) is 11.8 Å². The molecule has 2 amide bonds. The zero-order valence-corrected chi connectivity index (χ0v) is 22.3. The lowest BCUT2D eigenvalue weighted by Crippen LogP contribution is -2.59. The number of nitrogens with one attached hydrogen (secondary N) is 1. The molecule has 0 aromatic heterocycles. The highest BCUT2D eigenvalue weighted by Gasteiger charge is 2.40. The van der Waals surface area contributed by atoms with Crippen molar-refractivity contribution in [2.24, 2.45) is 17.4 Å². The lowest BCUT2D eigenvalue weighted by Gasteiger charge is -2.36. The molecule has 1 unspecified atom stereocenters. The summed E-state index contributed by atoms with van der Waals surface area (Å²) >= 11 is 0. The Hall–Kier alpha value is -2.30. The SMILES string of the molecule is CC[C@H](C)[C@@H](N)C(=O)N[C@@H](Cc1ccccc1)C(=O)N(CCCCCCN)C1CS(=O)(=O)CCC1=O. The molecule has 2 rings (SSSR count). The zero-order valence-electron chi connectivity index (χ0n) is 21.5. The molecule has 36 heavy (non-hydrogen) atoms. The number of hydrogen-bond donors (Lipinski definition) is 3. The minimum Gasteiger partial charge on any atom is -0.343 e. The Morgan fingerprint density at radius 1 is 1.14 bits per heavy atom. The van der Waals surface area contributed by atoms with Crippen LogP contribution >= 0.6 is 0 Å². The van der Waals surface area contributed by atoms with Crippen LogP contribution in [0.1, 0.15) is 57.9 Å². The maximum atomic E-state index is 13.9. The van der Waals surface area contributed by atoms with E-state index in [2.05, 4.69) is 5.32 Å². The summed E-state index contributed by atoms with van der Waals surface area (Å²) in [7, 11) is -3.46. The molecule has 0 spiro atoms. The average molecular weight is 523 g/mol. The number of benzene rings is 1. The monoisotopic (exact) mass is 522 g/mol. The van der Waals surface area contributed by atoms with E-state index in [1.807, 2.05) is 44.2 Å². The third-order valence-electron chi connectivity index (χ3n) is 6.91. The van der Waals surface area contributed by atoms with Crippen molar-refractivity contribution in [3.63, 3.8) is 0 Å². The number of carbonyl (C=O) groups is 3. The van der Waals surface area contributed by atoms with Crippen LogP contribution in [0.2, 0.25) is 0 Å². The number of Topliss-reactive ketones (excluding diaryl/α,β-unsaturated/α-hetero) is 1. The quantitative estimate of drug-likeness (QED) is 0.310. The van der Waals surface area contributed by atoms with Gasteiger partial charge in [-0.2, -0.15) is 0 Å². The summed E-state index contributed by atoms with van der Waals surface area (Å²) in [5, 5.41) is 2.81. The second-order valence-electron chi connectivity index (χ2n) is 9.74. The zero-order chi connectivity index (χ0) is 26.7. The maximum Gasteiger partial charge on any atom is 0.246 e. The molecule has 10 heteroatoms. The minimum atomic E-state index is -3.46. The molecule has 0 aliphatic carbocycles. The molecule has 1 fully saturated rings. The Bertz CT molecular complexity index is 970. The van der Waals surface area contributed by atoms with E-state index in [9.17, 15) is 22.8 Å². The van der Waals surface area contributed by atoms with Crippen LogP contribution in [0.5, 0.6) is 0 Å². The highest BCUT2D eigenvalue weighted by atomic mass is 32.2. The van der Waals surface area contributed by atoms with Gasteiger partial charge in [-0.05, 0) is 30.9 Å². The fraction of sp³-hybridized carbons (Fsp3) is 0.654. The molecule has 1 aliphatic rings. The highest BCUT2D eigenvalue weighted by molar-refractivity contribution is 7.91. The van der Waals surface area contributed by atoms with Crippen LogP contribution in [0.15, 0.2) is 30.3 Å². The molecule has 0 bridgehead atoms. The summed E-state index contributed by atoms with van der Waals surface area (Å²) in [6, 6.07) is 6.44. The molecular formula is C26H42N4O5S. The highest BCUT2D eigenvalue weighted by Crippen LogP contribution is 2.19. The number of ketones is 1. The second kappa shape index (κ2) is 14.4. The van der Waals surface area contributed by atoms with Crippen molar-refractivity contribution in [1.29, 1.82) is 0 Å². The molecule has 202 valence electrons. The maximum absolute atomic E-state index is 13.9. The predicted molar refractivity (Wildman–Crippen MR) is 141 cm³/mol. The van der Waals surface area contributed by atoms with Gasteiger partial charge in [-0.1, -0.05) is 63.4 Å². The summed E-state index contributed by atoms with van der Waals surface area (Å²) in [4.78, 5) is 41.1. The van der Waals surface area contributed by atoms with Crippen LogP contribution in [0.25, 0.3) is 0 Å². The van der Waals surface area contributed by atoms with E-state index in [4.69, 9.17) is 11.5 Å². The molecule has 0 radical (unpaired) electrons. The Balaban J connectivity index is 2.34. The number of nitrogens with two attached hydrogens (primary N) is 2. The third kappa shape index (κ3) is 8.97. The summed E-state index contributed by atoms with van der Waals surface area (Å²) in [6.07, 6.45) is 3.93. The molecular weight excluding hydrogens is 480 g/mol. The predicted octanol–water partition coefficient (Wildman–Crippen LogP) is 1.19. The van der Waals surface area contributed by atoms with Crippen molar-refractivity contribution < 1.29 is 22.8 Å². The van der Waals surface area contributed by atoms with Crippen molar-refractivity contribution in [3.05, 3.63) is 35.9 Å². The van der Waals surface area contributed by atoms with Gasteiger partial charge in [-0.25, -0.2) is 8.42 Å². The molecule has 4 atom stereocenters. The average Bonchev–Trinajstić information content (AvgIpc) is 2.86. The molecule has 5 N–H and O–H groups in total. The van der Waals surface area contributed by atoms with E-state index < -0.39 is 45.5 Å². The molecule has 1 aromatic carbocycles. The normalized spacial score (nSPS) is 19.8.